The number of nitrogens with zero attached hydrogens (tertiary/aromatic N) is 3. The fourth-order valence-corrected chi connectivity index (χ4v) is 2.46. The second-order valence-corrected chi connectivity index (χ2v) is 5.44. The van der Waals surface area contributed by atoms with Gasteiger partial charge in [0.15, 0.2) is 5.82 Å². The van der Waals surface area contributed by atoms with E-state index >= 15 is 0 Å². The second-order valence-electron chi connectivity index (χ2n) is 5.44. The molecule has 16 heavy (non-hydrogen) atoms. The van der Waals surface area contributed by atoms with Crippen molar-refractivity contribution in [2.24, 2.45) is 13.0 Å². The predicted molar refractivity (Wildman–Crippen MR) is 64.1 cm³/mol. The Morgan fingerprint density at radius 3 is 2.81 bits per heavy atom. The van der Waals surface area contributed by atoms with Crippen LogP contribution in [0.25, 0.3) is 0 Å². The van der Waals surface area contributed by atoms with Crippen molar-refractivity contribution in [3.8, 4) is 0 Å². The van der Waals surface area contributed by atoms with E-state index in [2.05, 4.69) is 31.2 Å². The van der Waals surface area contributed by atoms with E-state index in [-0.39, 0.29) is 5.54 Å². The van der Waals surface area contributed by atoms with Crippen LogP contribution in [0.5, 0.6) is 0 Å². The fraction of sp³-hybridized carbons (Fsp3) is 0.833. The van der Waals surface area contributed by atoms with Crippen molar-refractivity contribution >= 4 is 0 Å². The first kappa shape index (κ1) is 11.6. The van der Waals surface area contributed by atoms with Crippen LogP contribution in [0.15, 0.2) is 0 Å². The zero-order valence-electron chi connectivity index (χ0n) is 10.7. The van der Waals surface area contributed by atoms with Gasteiger partial charge in [0.1, 0.15) is 5.82 Å². The molecule has 0 aromatic carbocycles. The van der Waals surface area contributed by atoms with Crippen LogP contribution >= 0.6 is 0 Å². The monoisotopic (exact) mass is 222 g/mol. The van der Waals surface area contributed by atoms with Gasteiger partial charge in [0.2, 0.25) is 0 Å². The van der Waals surface area contributed by atoms with Gasteiger partial charge in [-0.3, -0.25) is 4.68 Å². The van der Waals surface area contributed by atoms with Crippen LogP contribution in [0.2, 0.25) is 0 Å². The third-order valence-corrected chi connectivity index (χ3v) is 3.26. The zero-order chi connectivity index (χ0) is 11.8. The van der Waals surface area contributed by atoms with Crippen molar-refractivity contribution in [3.63, 3.8) is 0 Å². The van der Waals surface area contributed by atoms with Gasteiger partial charge in [-0.1, -0.05) is 13.8 Å². The van der Waals surface area contributed by atoms with Crippen LogP contribution < -0.4 is 5.32 Å². The highest BCUT2D eigenvalue weighted by Gasteiger charge is 2.34. The average molecular weight is 222 g/mol. The van der Waals surface area contributed by atoms with Crippen LogP contribution in [0.4, 0.5) is 0 Å². The molecule has 1 aromatic rings. The molecule has 1 saturated heterocycles. The number of nitrogens with one attached hydrogen (secondary N) is 1. The Balaban J connectivity index is 2.24. The third-order valence-electron chi connectivity index (χ3n) is 3.26. The summed E-state index contributed by atoms with van der Waals surface area (Å²) < 4.78 is 1.94. The van der Waals surface area contributed by atoms with Crippen LogP contribution in [0.1, 0.15) is 45.3 Å². The summed E-state index contributed by atoms with van der Waals surface area (Å²) in [5.41, 5.74) is 0.0248. The molecule has 1 N–H and O–H groups in total. The molecule has 0 spiro atoms. The Kier molecular flexibility index (Phi) is 3.02. The Morgan fingerprint density at radius 1 is 1.50 bits per heavy atom. The highest BCUT2D eigenvalue weighted by atomic mass is 15.4. The van der Waals surface area contributed by atoms with E-state index in [1.165, 1.54) is 6.42 Å². The molecule has 0 radical (unpaired) electrons. The summed E-state index contributed by atoms with van der Waals surface area (Å²) in [5, 5.41) is 8.04. The van der Waals surface area contributed by atoms with E-state index in [0.717, 1.165) is 31.0 Å². The van der Waals surface area contributed by atoms with Gasteiger partial charge in [-0.15, -0.1) is 0 Å². The fourth-order valence-electron chi connectivity index (χ4n) is 2.46. The highest BCUT2D eigenvalue weighted by Crippen LogP contribution is 2.28. The smallest absolute Gasteiger partial charge is 0.151 e. The van der Waals surface area contributed by atoms with Gasteiger partial charge >= 0.3 is 0 Å². The molecule has 2 heterocycles. The molecule has 0 amide bonds. The Labute approximate surface area is 97.5 Å². The topological polar surface area (TPSA) is 42.7 Å². The minimum absolute atomic E-state index is 0.0248. The van der Waals surface area contributed by atoms with Gasteiger partial charge in [0.05, 0.1) is 5.54 Å². The average Bonchev–Trinajstić information content (AvgIpc) is 2.73. The number of rotatable bonds is 3. The van der Waals surface area contributed by atoms with Crippen molar-refractivity contribution in [1.29, 1.82) is 0 Å². The summed E-state index contributed by atoms with van der Waals surface area (Å²) in [7, 11) is 2.00. The minimum atomic E-state index is 0.0248. The molecule has 1 atom stereocenters. The summed E-state index contributed by atoms with van der Waals surface area (Å²) in [6, 6.07) is 0. The summed E-state index contributed by atoms with van der Waals surface area (Å²) >= 11 is 0. The lowest BCUT2D eigenvalue weighted by molar-refractivity contribution is 0.388. The molecule has 0 saturated carbocycles. The standard InChI is InChI=1S/C12H22N4/c1-9(2)8-10-14-11(16(4)15-10)12(3)6-5-7-13-12/h9,13H,5-8H2,1-4H3. The highest BCUT2D eigenvalue weighted by molar-refractivity contribution is 5.09. The van der Waals surface area contributed by atoms with E-state index in [4.69, 9.17) is 4.98 Å². The zero-order valence-corrected chi connectivity index (χ0v) is 10.7. The Morgan fingerprint density at radius 2 is 2.25 bits per heavy atom. The molecular weight excluding hydrogens is 200 g/mol. The molecule has 4 nitrogen and oxygen atoms in total. The van der Waals surface area contributed by atoms with Crippen molar-refractivity contribution in [2.75, 3.05) is 6.54 Å². The van der Waals surface area contributed by atoms with Gasteiger partial charge in [0.25, 0.3) is 0 Å². The molecule has 2 rings (SSSR count). The van der Waals surface area contributed by atoms with E-state index in [1.54, 1.807) is 0 Å². The normalized spacial score (nSPS) is 25.6. The van der Waals surface area contributed by atoms with Crippen LogP contribution in [0, 0.1) is 5.92 Å². The SMILES string of the molecule is CC(C)Cc1nc(C2(C)CCCN2)n(C)n1. The lowest BCUT2D eigenvalue weighted by Gasteiger charge is -2.22. The third kappa shape index (κ3) is 2.12. The lowest BCUT2D eigenvalue weighted by atomic mass is 9.99. The summed E-state index contributed by atoms with van der Waals surface area (Å²) in [5.74, 6) is 2.67. The first-order chi connectivity index (χ1) is 7.51. The van der Waals surface area contributed by atoms with Crippen molar-refractivity contribution in [3.05, 3.63) is 11.6 Å². The van der Waals surface area contributed by atoms with Gasteiger partial charge in [-0.05, 0) is 32.2 Å². The van der Waals surface area contributed by atoms with E-state index in [0.29, 0.717) is 5.92 Å². The molecule has 1 aliphatic heterocycles. The quantitative estimate of drug-likeness (QED) is 0.845. The number of aromatic nitrogens is 3. The maximum Gasteiger partial charge on any atom is 0.151 e. The molecule has 1 aromatic heterocycles. The molecule has 90 valence electrons. The van der Waals surface area contributed by atoms with Gasteiger partial charge in [-0.25, -0.2) is 4.98 Å². The number of aryl methyl sites for hydroxylation is 1. The molecule has 0 bridgehead atoms. The predicted octanol–water partition coefficient (Wildman–Crippen LogP) is 1.61. The number of hydrogen-bond donors (Lipinski definition) is 1. The molecule has 4 heteroatoms. The largest absolute Gasteiger partial charge is 0.305 e. The van der Waals surface area contributed by atoms with Gasteiger partial charge in [-0.2, -0.15) is 5.10 Å². The Bertz CT molecular complexity index is 361. The van der Waals surface area contributed by atoms with E-state index in [1.807, 2.05) is 11.7 Å². The number of hydrogen-bond acceptors (Lipinski definition) is 3. The minimum Gasteiger partial charge on any atom is -0.305 e. The van der Waals surface area contributed by atoms with Crippen molar-refractivity contribution < 1.29 is 0 Å². The first-order valence-corrected chi connectivity index (χ1v) is 6.17. The molecule has 1 unspecified atom stereocenters. The van der Waals surface area contributed by atoms with Crippen LogP contribution in [0.3, 0.4) is 0 Å². The molecule has 1 aliphatic rings. The van der Waals surface area contributed by atoms with Crippen LogP contribution in [-0.4, -0.2) is 21.3 Å². The lowest BCUT2D eigenvalue weighted by Crippen LogP contribution is -2.36. The van der Waals surface area contributed by atoms with E-state index < -0.39 is 0 Å². The van der Waals surface area contributed by atoms with E-state index in [9.17, 15) is 0 Å². The second kappa shape index (κ2) is 4.17. The van der Waals surface area contributed by atoms with Crippen LogP contribution in [-0.2, 0) is 19.0 Å². The summed E-state index contributed by atoms with van der Waals surface area (Å²) in [6.45, 7) is 7.71. The molecule has 0 aliphatic carbocycles. The van der Waals surface area contributed by atoms with Gasteiger partial charge in [0, 0.05) is 13.5 Å². The molecule has 1 fully saturated rings. The maximum atomic E-state index is 4.69. The first-order valence-electron chi connectivity index (χ1n) is 6.17. The summed E-state index contributed by atoms with van der Waals surface area (Å²) in [4.78, 5) is 4.69. The summed E-state index contributed by atoms with van der Waals surface area (Å²) in [6.07, 6.45) is 3.34. The van der Waals surface area contributed by atoms with Crippen molar-refractivity contribution in [2.45, 2.75) is 45.6 Å². The van der Waals surface area contributed by atoms with Gasteiger partial charge < -0.3 is 5.32 Å². The Hall–Kier alpha value is -0.900. The van der Waals surface area contributed by atoms with Crippen molar-refractivity contribution in [1.82, 2.24) is 20.1 Å². The molecular formula is C12H22N4. The maximum absolute atomic E-state index is 4.69.